The van der Waals surface area contributed by atoms with Gasteiger partial charge in [0.1, 0.15) is 17.4 Å². The van der Waals surface area contributed by atoms with Crippen molar-refractivity contribution in [1.82, 2.24) is 19.9 Å². The molecule has 3 aromatic rings. The highest BCUT2D eigenvalue weighted by atomic mass is 32.2. The SMILES string of the molecule is CCC(C(=O)Cc1ccc(-c2cncc(OC)n2)cc1)c1ccnc(CS(=O)(=O)C2CC2)n1. The quantitative estimate of drug-likeness (QED) is 0.447. The Bertz CT molecular complexity index is 1240. The Kier molecular flexibility index (Phi) is 6.78. The highest BCUT2D eigenvalue weighted by Gasteiger charge is 2.36. The summed E-state index contributed by atoms with van der Waals surface area (Å²) in [6, 6.07) is 9.30. The molecule has 33 heavy (non-hydrogen) atoms. The van der Waals surface area contributed by atoms with E-state index in [0.717, 1.165) is 11.1 Å². The summed E-state index contributed by atoms with van der Waals surface area (Å²) in [6.45, 7) is 1.93. The van der Waals surface area contributed by atoms with Crippen molar-refractivity contribution >= 4 is 15.6 Å². The molecule has 9 heteroatoms. The maximum absolute atomic E-state index is 13.1. The molecule has 2 heterocycles. The Labute approximate surface area is 193 Å². The van der Waals surface area contributed by atoms with Gasteiger partial charge >= 0.3 is 0 Å². The fourth-order valence-electron chi connectivity index (χ4n) is 3.71. The summed E-state index contributed by atoms with van der Waals surface area (Å²) < 4.78 is 29.7. The number of Topliss-reactive ketones (excluding diaryl/α,β-unsaturated/α-hetero) is 1. The fraction of sp³-hybridized carbons (Fsp3) is 0.375. The van der Waals surface area contributed by atoms with Gasteiger partial charge in [-0.05, 0) is 30.9 Å². The van der Waals surface area contributed by atoms with E-state index >= 15 is 0 Å². The minimum atomic E-state index is -3.22. The molecule has 4 rings (SSSR count). The van der Waals surface area contributed by atoms with Gasteiger partial charge in [-0.2, -0.15) is 0 Å². The summed E-state index contributed by atoms with van der Waals surface area (Å²) in [5.74, 6) is 0.131. The van der Waals surface area contributed by atoms with Crippen LogP contribution >= 0.6 is 0 Å². The lowest BCUT2D eigenvalue weighted by Gasteiger charge is -2.14. The monoisotopic (exact) mass is 466 g/mol. The highest BCUT2D eigenvalue weighted by molar-refractivity contribution is 7.91. The molecule has 0 spiro atoms. The number of hydrogen-bond donors (Lipinski definition) is 0. The van der Waals surface area contributed by atoms with Crippen LogP contribution in [0.4, 0.5) is 0 Å². The molecule has 0 aliphatic heterocycles. The first kappa shape index (κ1) is 23.0. The lowest BCUT2D eigenvalue weighted by atomic mass is 9.92. The van der Waals surface area contributed by atoms with Crippen LogP contribution in [-0.4, -0.2) is 46.5 Å². The molecule has 1 fully saturated rings. The summed E-state index contributed by atoms with van der Waals surface area (Å²) in [5.41, 5.74) is 3.01. The maximum atomic E-state index is 13.1. The van der Waals surface area contributed by atoms with Crippen LogP contribution in [0.3, 0.4) is 0 Å². The Hall–Kier alpha value is -3.20. The zero-order valence-electron chi connectivity index (χ0n) is 18.6. The molecule has 1 aliphatic carbocycles. The van der Waals surface area contributed by atoms with Crippen molar-refractivity contribution in [3.05, 3.63) is 66.0 Å². The molecule has 1 atom stereocenters. The number of ketones is 1. The van der Waals surface area contributed by atoms with Crippen molar-refractivity contribution in [2.75, 3.05) is 7.11 Å². The maximum Gasteiger partial charge on any atom is 0.232 e. The summed E-state index contributed by atoms with van der Waals surface area (Å²) in [6.07, 6.45) is 6.99. The molecule has 1 unspecified atom stereocenters. The second-order valence-corrected chi connectivity index (χ2v) is 10.4. The average molecular weight is 467 g/mol. The molecule has 1 aliphatic rings. The number of sulfone groups is 1. The summed E-state index contributed by atoms with van der Waals surface area (Å²) >= 11 is 0. The van der Waals surface area contributed by atoms with E-state index in [4.69, 9.17) is 4.74 Å². The number of methoxy groups -OCH3 is 1. The molecule has 172 valence electrons. The summed E-state index contributed by atoms with van der Waals surface area (Å²) in [4.78, 5) is 30.1. The molecule has 0 bridgehead atoms. The molecule has 0 N–H and O–H groups in total. The van der Waals surface area contributed by atoms with Gasteiger partial charge in [0.15, 0.2) is 9.84 Å². The van der Waals surface area contributed by atoms with Crippen LogP contribution < -0.4 is 4.74 Å². The van der Waals surface area contributed by atoms with E-state index in [-0.39, 0.29) is 29.0 Å². The number of ether oxygens (including phenoxy) is 1. The van der Waals surface area contributed by atoms with E-state index in [2.05, 4.69) is 19.9 Å². The first-order chi connectivity index (χ1) is 15.9. The van der Waals surface area contributed by atoms with Crippen molar-refractivity contribution in [1.29, 1.82) is 0 Å². The van der Waals surface area contributed by atoms with Crippen molar-refractivity contribution in [3.63, 3.8) is 0 Å². The van der Waals surface area contributed by atoms with E-state index in [1.807, 2.05) is 31.2 Å². The number of carbonyl (C=O) groups is 1. The predicted molar refractivity (Wildman–Crippen MR) is 123 cm³/mol. The van der Waals surface area contributed by atoms with Gasteiger partial charge in [-0.25, -0.2) is 23.4 Å². The van der Waals surface area contributed by atoms with Gasteiger partial charge < -0.3 is 4.74 Å². The number of carbonyl (C=O) groups excluding carboxylic acids is 1. The van der Waals surface area contributed by atoms with Crippen LogP contribution in [0.1, 0.15) is 49.2 Å². The molecule has 8 nitrogen and oxygen atoms in total. The third kappa shape index (κ3) is 5.60. The fourth-order valence-corrected chi connectivity index (χ4v) is 5.30. The largest absolute Gasteiger partial charge is 0.480 e. The van der Waals surface area contributed by atoms with E-state index < -0.39 is 15.8 Å². The van der Waals surface area contributed by atoms with Gasteiger partial charge in [0, 0.05) is 18.2 Å². The van der Waals surface area contributed by atoms with Gasteiger partial charge in [0.25, 0.3) is 0 Å². The van der Waals surface area contributed by atoms with Gasteiger partial charge in [-0.1, -0.05) is 31.2 Å². The minimum Gasteiger partial charge on any atom is -0.480 e. The lowest BCUT2D eigenvalue weighted by Crippen LogP contribution is -2.18. The Morgan fingerprint density at radius 1 is 1.12 bits per heavy atom. The summed E-state index contributed by atoms with van der Waals surface area (Å²) in [5, 5.41) is -0.265. The lowest BCUT2D eigenvalue weighted by molar-refractivity contribution is -0.120. The Morgan fingerprint density at radius 2 is 1.88 bits per heavy atom. The van der Waals surface area contributed by atoms with Gasteiger partial charge in [0.2, 0.25) is 5.88 Å². The molecule has 1 aromatic carbocycles. The smallest absolute Gasteiger partial charge is 0.232 e. The molecule has 0 saturated heterocycles. The van der Waals surface area contributed by atoms with Gasteiger partial charge in [0.05, 0.1) is 42.1 Å². The van der Waals surface area contributed by atoms with Crippen LogP contribution in [-0.2, 0) is 26.8 Å². The van der Waals surface area contributed by atoms with E-state index in [9.17, 15) is 13.2 Å². The number of hydrogen-bond acceptors (Lipinski definition) is 8. The number of aromatic nitrogens is 4. The van der Waals surface area contributed by atoms with Crippen LogP contribution in [0.25, 0.3) is 11.3 Å². The second-order valence-electron chi connectivity index (χ2n) is 8.15. The topological polar surface area (TPSA) is 112 Å². The van der Waals surface area contributed by atoms with Crippen molar-refractivity contribution in [3.8, 4) is 17.1 Å². The van der Waals surface area contributed by atoms with Gasteiger partial charge in [-0.15, -0.1) is 0 Å². The summed E-state index contributed by atoms with van der Waals surface area (Å²) in [7, 11) is -1.68. The third-order valence-corrected chi connectivity index (χ3v) is 7.84. The van der Waals surface area contributed by atoms with Crippen LogP contribution in [0.5, 0.6) is 5.88 Å². The molecule has 0 amide bonds. The molecule has 2 aromatic heterocycles. The van der Waals surface area contributed by atoms with E-state index in [0.29, 0.717) is 36.5 Å². The van der Waals surface area contributed by atoms with Crippen LogP contribution in [0, 0.1) is 0 Å². The highest BCUT2D eigenvalue weighted by Crippen LogP contribution is 2.30. The number of benzene rings is 1. The number of nitrogens with zero attached hydrogens (tertiary/aromatic N) is 4. The minimum absolute atomic E-state index is 0.0288. The van der Waals surface area contributed by atoms with E-state index in [1.165, 1.54) is 0 Å². The van der Waals surface area contributed by atoms with Gasteiger partial charge in [-0.3, -0.25) is 9.78 Å². The third-order valence-electron chi connectivity index (χ3n) is 5.69. The number of rotatable bonds is 10. The molecular formula is C24H26N4O4S. The second kappa shape index (κ2) is 9.74. The molecular weight excluding hydrogens is 440 g/mol. The first-order valence-electron chi connectivity index (χ1n) is 10.9. The zero-order valence-corrected chi connectivity index (χ0v) is 19.5. The van der Waals surface area contributed by atoms with E-state index in [1.54, 1.807) is 31.8 Å². The first-order valence-corrected chi connectivity index (χ1v) is 12.6. The van der Waals surface area contributed by atoms with Crippen LogP contribution in [0.15, 0.2) is 48.9 Å². The normalized spacial score (nSPS) is 14.6. The van der Waals surface area contributed by atoms with Crippen molar-refractivity contribution < 1.29 is 17.9 Å². The Balaban J connectivity index is 1.46. The average Bonchev–Trinajstić information content (AvgIpc) is 3.66. The Morgan fingerprint density at radius 3 is 2.55 bits per heavy atom. The standard InChI is InChI=1S/C24H26N4O4S/c1-3-19(20-10-11-26-23(27-20)15-33(30,31)18-8-9-18)22(29)12-16-4-6-17(7-5-16)21-13-25-14-24(28-21)32-2/h4-7,10-11,13-14,18-19H,3,8-9,12,15H2,1-2H3. The molecule has 1 saturated carbocycles. The van der Waals surface area contributed by atoms with Crippen molar-refractivity contribution in [2.45, 2.75) is 49.5 Å². The van der Waals surface area contributed by atoms with Crippen LogP contribution in [0.2, 0.25) is 0 Å². The molecule has 0 radical (unpaired) electrons. The predicted octanol–water partition coefficient (Wildman–Crippen LogP) is 3.32. The zero-order chi connectivity index (χ0) is 23.4. The van der Waals surface area contributed by atoms with Crippen molar-refractivity contribution in [2.24, 2.45) is 0 Å².